The largest absolute Gasteiger partial charge is 0.484 e. The molecule has 1 N–H and O–H groups in total. The van der Waals surface area contributed by atoms with Gasteiger partial charge in [-0.2, -0.15) is 5.10 Å². The Hall–Kier alpha value is -3.93. The number of ether oxygens (including phenoxy) is 2. The second-order valence-corrected chi connectivity index (χ2v) is 6.22. The predicted octanol–water partition coefficient (Wildman–Crippen LogP) is 3.74. The summed E-state index contributed by atoms with van der Waals surface area (Å²) in [7, 11) is 0. The number of aryl methyl sites for hydroxylation is 1. The van der Waals surface area contributed by atoms with Gasteiger partial charge >= 0.3 is 5.97 Å². The molecule has 0 bridgehead atoms. The first-order valence-electron chi connectivity index (χ1n) is 8.99. The van der Waals surface area contributed by atoms with Crippen molar-refractivity contribution in [1.82, 2.24) is 5.43 Å². The highest BCUT2D eigenvalue weighted by Gasteiger charge is 2.08. The lowest BCUT2D eigenvalue weighted by Gasteiger charge is -2.05. The van der Waals surface area contributed by atoms with Crippen LogP contribution in [-0.2, 0) is 4.79 Å². The van der Waals surface area contributed by atoms with E-state index in [1.165, 1.54) is 6.21 Å². The van der Waals surface area contributed by atoms with Crippen molar-refractivity contribution in [3.05, 3.63) is 95.6 Å². The van der Waals surface area contributed by atoms with Crippen molar-refractivity contribution >= 4 is 18.1 Å². The molecule has 0 heterocycles. The predicted molar refractivity (Wildman–Crippen MR) is 110 cm³/mol. The van der Waals surface area contributed by atoms with Crippen molar-refractivity contribution in [3.63, 3.8) is 0 Å². The van der Waals surface area contributed by atoms with Crippen molar-refractivity contribution in [2.24, 2.45) is 5.10 Å². The molecule has 3 aromatic carbocycles. The van der Waals surface area contributed by atoms with Crippen LogP contribution in [0.3, 0.4) is 0 Å². The van der Waals surface area contributed by atoms with Gasteiger partial charge in [0.1, 0.15) is 11.5 Å². The van der Waals surface area contributed by atoms with Crippen LogP contribution in [0.15, 0.2) is 84.0 Å². The molecule has 0 radical (unpaired) electrons. The molecule has 6 nitrogen and oxygen atoms in total. The number of carbonyl (C=O) groups is 2. The molecule has 146 valence electrons. The van der Waals surface area contributed by atoms with Crippen molar-refractivity contribution in [2.75, 3.05) is 6.61 Å². The summed E-state index contributed by atoms with van der Waals surface area (Å²) in [6.07, 6.45) is 1.49. The van der Waals surface area contributed by atoms with Gasteiger partial charge in [0.05, 0.1) is 11.8 Å². The Kier molecular flexibility index (Phi) is 6.73. The second-order valence-electron chi connectivity index (χ2n) is 6.22. The summed E-state index contributed by atoms with van der Waals surface area (Å²) in [5, 5.41) is 3.89. The molecule has 0 saturated carbocycles. The summed E-state index contributed by atoms with van der Waals surface area (Å²) in [5.41, 5.74) is 4.70. The number of nitrogens with zero attached hydrogens (tertiary/aromatic N) is 1. The van der Waals surface area contributed by atoms with Crippen LogP contribution in [0.25, 0.3) is 0 Å². The zero-order valence-corrected chi connectivity index (χ0v) is 15.9. The zero-order valence-electron chi connectivity index (χ0n) is 15.9. The van der Waals surface area contributed by atoms with Gasteiger partial charge < -0.3 is 9.47 Å². The molecule has 0 aliphatic rings. The van der Waals surface area contributed by atoms with Gasteiger partial charge in [-0.3, -0.25) is 4.79 Å². The van der Waals surface area contributed by atoms with E-state index in [1.54, 1.807) is 48.5 Å². The number of benzene rings is 3. The number of hydrogen-bond acceptors (Lipinski definition) is 5. The molecular weight excluding hydrogens is 368 g/mol. The van der Waals surface area contributed by atoms with E-state index in [0.717, 1.165) is 11.1 Å². The molecule has 29 heavy (non-hydrogen) atoms. The number of amides is 1. The molecule has 1 amide bonds. The van der Waals surface area contributed by atoms with Crippen LogP contribution in [0.2, 0.25) is 0 Å². The molecule has 0 aliphatic carbocycles. The van der Waals surface area contributed by atoms with E-state index in [9.17, 15) is 9.59 Å². The van der Waals surface area contributed by atoms with Gasteiger partial charge in [-0.1, -0.05) is 35.9 Å². The number of para-hydroxylation sites is 1. The maximum absolute atomic E-state index is 12.1. The van der Waals surface area contributed by atoms with Crippen molar-refractivity contribution in [1.29, 1.82) is 0 Å². The molecule has 0 spiro atoms. The van der Waals surface area contributed by atoms with E-state index in [-0.39, 0.29) is 12.5 Å². The Morgan fingerprint density at radius 3 is 2.28 bits per heavy atom. The summed E-state index contributed by atoms with van der Waals surface area (Å²) in [5.74, 6) is 0.251. The first-order valence-corrected chi connectivity index (χ1v) is 8.99. The van der Waals surface area contributed by atoms with Crippen LogP contribution in [-0.4, -0.2) is 24.7 Å². The second kappa shape index (κ2) is 9.85. The van der Waals surface area contributed by atoms with E-state index in [4.69, 9.17) is 9.47 Å². The Balaban J connectivity index is 1.46. The van der Waals surface area contributed by atoms with Crippen LogP contribution in [0.1, 0.15) is 21.5 Å². The highest BCUT2D eigenvalue weighted by molar-refractivity contribution is 5.91. The average molecular weight is 388 g/mol. The van der Waals surface area contributed by atoms with Crippen LogP contribution >= 0.6 is 0 Å². The third kappa shape index (κ3) is 6.32. The molecule has 3 aromatic rings. The number of rotatable bonds is 7. The molecule has 0 saturated heterocycles. The number of hydrazone groups is 1. The third-order valence-electron chi connectivity index (χ3n) is 3.89. The van der Waals surface area contributed by atoms with Crippen LogP contribution in [0.5, 0.6) is 11.5 Å². The number of nitrogens with one attached hydrogen (secondary N) is 1. The van der Waals surface area contributed by atoms with Crippen LogP contribution in [0, 0.1) is 6.92 Å². The van der Waals surface area contributed by atoms with Crippen molar-refractivity contribution in [2.45, 2.75) is 6.92 Å². The minimum absolute atomic E-state index is 0.130. The van der Waals surface area contributed by atoms with Crippen molar-refractivity contribution in [3.8, 4) is 11.5 Å². The summed E-state index contributed by atoms with van der Waals surface area (Å²) >= 11 is 0. The normalized spacial score (nSPS) is 10.5. The van der Waals surface area contributed by atoms with E-state index in [1.807, 2.05) is 37.3 Å². The highest BCUT2D eigenvalue weighted by atomic mass is 16.5. The van der Waals surface area contributed by atoms with Crippen molar-refractivity contribution < 1.29 is 19.1 Å². The highest BCUT2D eigenvalue weighted by Crippen LogP contribution is 2.14. The third-order valence-corrected chi connectivity index (χ3v) is 3.89. The van der Waals surface area contributed by atoms with Gasteiger partial charge in [0.15, 0.2) is 6.61 Å². The van der Waals surface area contributed by atoms with E-state index in [2.05, 4.69) is 10.5 Å². The van der Waals surface area contributed by atoms with Gasteiger partial charge in [0, 0.05) is 0 Å². The monoisotopic (exact) mass is 388 g/mol. The standard InChI is InChI=1S/C23H20N2O4/c1-17-7-11-19(12-8-17)23(27)29-21-13-9-18(10-14-21)15-24-25-22(26)16-28-20-5-3-2-4-6-20/h2-15H,16H2,1H3,(H,25,26). The Bertz CT molecular complexity index is 982. The minimum Gasteiger partial charge on any atom is -0.484 e. The first-order chi connectivity index (χ1) is 14.1. The fraction of sp³-hybridized carbons (Fsp3) is 0.0870. The summed E-state index contributed by atoms with van der Waals surface area (Å²) < 4.78 is 10.7. The Morgan fingerprint density at radius 2 is 1.59 bits per heavy atom. The minimum atomic E-state index is -0.419. The maximum atomic E-state index is 12.1. The molecular formula is C23H20N2O4. The number of carbonyl (C=O) groups excluding carboxylic acids is 2. The lowest BCUT2D eigenvalue weighted by molar-refractivity contribution is -0.123. The summed E-state index contributed by atoms with van der Waals surface area (Å²) in [6.45, 7) is 1.82. The molecule has 3 rings (SSSR count). The molecule has 0 fully saturated rings. The summed E-state index contributed by atoms with van der Waals surface area (Å²) in [6, 6.07) is 23.0. The quantitative estimate of drug-likeness (QED) is 0.289. The number of esters is 1. The van der Waals surface area contributed by atoms with Gasteiger partial charge in [-0.05, 0) is 61.0 Å². The van der Waals surface area contributed by atoms with Gasteiger partial charge in [0.25, 0.3) is 5.91 Å². The first kappa shape index (κ1) is 19.8. The average Bonchev–Trinajstić information content (AvgIpc) is 2.75. The smallest absolute Gasteiger partial charge is 0.343 e. The van der Waals surface area contributed by atoms with E-state index >= 15 is 0 Å². The SMILES string of the molecule is Cc1ccc(C(=O)Oc2ccc(C=NNC(=O)COc3ccccc3)cc2)cc1. The lowest BCUT2D eigenvalue weighted by atomic mass is 10.1. The Morgan fingerprint density at radius 1 is 0.897 bits per heavy atom. The fourth-order valence-electron chi connectivity index (χ4n) is 2.35. The maximum Gasteiger partial charge on any atom is 0.343 e. The van der Waals surface area contributed by atoms with Gasteiger partial charge in [0.2, 0.25) is 0 Å². The molecule has 0 aromatic heterocycles. The van der Waals surface area contributed by atoms with E-state index in [0.29, 0.717) is 17.1 Å². The van der Waals surface area contributed by atoms with Crippen LogP contribution < -0.4 is 14.9 Å². The topological polar surface area (TPSA) is 77.0 Å². The fourth-order valence-corrected chi connectivity index (χ4v) is 2.35. The lowest BCUT2D eigenvalue weighted by Crippen LogP contribution is -2.24. The molecule has 0 atom stereocenters. The number of hydrogen-bond donors (Lipinski definition) is 1. The molecule has 0 unspecified atom stereocenters. The Labute approximate surface area is 168 Å². The van der Waals surface area contributed by atoms with Crippen LogP contribution in [0.4, 0.5) is 0 Å². The molecule has 6 heteroatoms. The zero-order chi connectivity index (χ0) is 20.5. The summed E-state index contributed by atoms with van der Waals surface area (Å²) in [4.78, 5) is 23.8. The molecule has 0 aliphatic heterocycles. The van der Waals surface area contributed by atoms with Gasteiger partial charge in [-0.15, -0.1) is 0 Å². The van der Waals surface area contributed by atoms with E-state index < -0.39 is 5.97 Å². The van der Waals surface area contributed by atoms with Gasteiger partial charge in [-0.25, -0.2) is 10.2 Å².